The first-order valence-electron chi connectivity index (χ1n) is 9.19. The molecule has 140 valence electrons. The summed E-state index contributed by atoms with van der Waals surface area (Å²) in [4.78, 5) is 25.8. The van der Waals surface area contributed by atoms with Crippen molar-refractivity contribution in [1.29, 1.82) is 0 Å². The van der Waals surface area contributed by atoms with E-state index in [1.165, 1.54) is 0 Å². The second kappa shape index (κ2) is 8.42. The smallest absolute Gasteiger partial charge is 0.255 e. The van der Waals surface area contributed by atoms with E-state index in [-0.39, 0.29) is 11.7 Å². The van der Waals surface area contributed by atoms with Crippen molar-refractivity contribution >= 4 is 5.95 Å². The van der Waals surface area contributed by atoms with Gasteiger partial charge >= 0.3 is 0 Å². The molecule has 2 aromatic heterocycles. The van der Waals surface area contributed by atoms with Crippen molar-refractivity contribution in [2.24, 2.45) is 7.05 Å². The summed E-state index contributed by atoms with van der Waals surface area (Å²) >= 11 is 0. The number of anilines is 1. The van der Waals surface area contributed by atoms with Crippen molar-refractivity contribution in [1.82, 2.24) is 19.4 Å². The van der Waals surface area contributed by atoms with Crippen molar-refractivity contribution in [3.8, 4) is 11.3 Å². The van der Waals surface area contributed by atoms with Crippen LogP contribution in [-0.4, -0.2) is 64.9 Å². The number of hydrogen-bond donors (Lipinski definition) is 0. The van der Waals surface area contributed by atoms with Crippen LogP contribution in [0.2, 0.25) is 0 Å². The molecule has 1 fully saturated rings. The molecule has 0 saturated carbocycles. The Morgan fingerprint density at radius 1 is 1.27 bits per heavy atom. The van der Waals surface area contributed by atoms with E-state index < -0.39 is 0 Å². The third kappa shape index (κ3) is 4.11. The van der Waals surface area contributed by atoms with Crippen molar-refractivity contribution < 1.29 is 4.74 Å². The largest absolute Gasteiger partial charge is 0.373 e. The van der Waals surface area contributed by atoms with E-state index in [0.29, 0.717) is 18.2 Å². The van der Waals surface area contributed by atoms with Crippen LogP contribution in [0.25, 0.3) is 11.3 Å². The Morgan fingerprint density at radius 3 is 2.69 bits per heavy atom. The number of aromatic nitrogens is 3. The number of ether oxygens (including phenoxy) is 1. The molecule has 3 heterocycles. The maximum absolute atomic E-state index is 12.5. The number of likely N-dealkylation sites (N-methyl/N-ethyl adjacent to an activating group) is 1. The molecule has 0 radical (unpaired) electrons. The molecule has 1 atom stereocenters. The second-order valence-corrected chi connectivity index (χ2v) is 6.50. The highest BCUT2D eigenvalue weighted by molar-refractivity contribution is 5.59. The first kappa shape index (κ1) is 18.5. The highest BCUT2D eigenvalue weighted by Gasteiger charge is 2.25. The van der Waals surface area contributed by atoms with Gasteiger partial charge < -0.3 is 14.5 Å². The SMILES string of the molecule is CCN(CC)CC1CN(c2nc(-c3ccncc3)cc(=O)n2C)CCO1. The summed E-state index contributed by atoms with van der Waals surface area (Å²) in [5.74, 6) is 0.692. The molecule has 3 rings (SSSR count). The van der Waals surface area contributed by atoms with Gasteiger partial charge in [0.05, 0.1) is 18.4 Å². The maximum Gasteiger partial charge on any atom is 0.255 e. The molecule has 0 aromatic carbocycles. The molecule has 0 amide bonds. The van der Waals surface area contributed by atoms with Gasteiger partial charge in [-0.2, -0.15) is 0 Å². The summed E-state index contributed by atoms with van der Waals surface area (Å²) in [5, 5.41) is 0. The summed E-state index contributed by atoms with van der Waals surface area (Å²) in [6, 6.07) is 5.31. The van der Waals surface area contributed by atoms with E-state index in [1.54, 1.807) is 30.1 Å². The molecular formula is C19H27N5O2. The molecule has 26 heavy (non-hydrogen) atoms. The molecule has 1 aliphatic rings. The summed E-state index contributed by atoms with van der Waals surface area (Å²) in [6.07, 6.45) is 3.54. The summed E-state index contributed by atoms with van der Waals surface area (Å²) < 4.78 is 7.56. The van der Waals surface area contributed by atoms with Gasteiger partial charge in [-0.1, -0.05) is 13.8 Å². The third-order valence-electron chi connectivity index (χ3n) is 4.87. The van der Waals surface area contributed by atoms with Gasteiger partial charge in [-0.3, -0.25) is 14.3 Å². The van der Waals surface area contributed by atoms with Crippen LogP contribution in [0.3, 0.4) is 0 Å². The average Bonchev–Trinajstić information content (AvgIpc) is 2.69. The standard InChI is InChI=1S/C19H27N5O2/c1-4-23(5-2)13-16-14-24(10-11-26-16)19-21-17(12-18(25)22(19)3)15-6-8-20-9-7-15/h6-9,12,16H,4-5,10-11,13-14H2,1-3H3. The minimum absolute atomic E-state index is 0.0615. The van der Waals surface area contributed by atoms with Gasteiger partial charge in [0.25, 0.3) is 5.56 Å². The molecule has 1 saturated heterocycles. The molecule has 1 unspecified atom stereocenters. The fourth-order valence-electron chi connectivity index (χ4n) is 3.26. The van der Waals surface area contributed by atoms with Crippen LogP contribution in [0.1, 0.15) is 13.8 Å². The van der Waals surface area contributed by atoms with Crippen molar-refractivity contribution in [3.05, 3.63) is 40.9 Å². The van der Waals surface area contributed by atoms with Crippen LogP contribution in [0, 0.1) is 0 Å². The average molecular weight is 357 g/mol. The molecule has 2 aromatic rings. The van der Waals surface area contributed by atoms with Gasteiger partial charge in [0, 0.05) is 50.7 Å². The summed E-state index contributed by atoms with van der Waals surface area (Å²) in [6.45, 7) is 9.32. The van der Waals surface area contributed by atoms with Crippen molar-refractivity contribution in [2.45, 2.75) is 20.0 Å². The molecule has 0 bridgehead atoms. The van der Waals surface area contributed by atoms with Crippen molar-refractivity contribution in [3.63, 3.8) is 0 Å². The Balaban J connectivity index is 1.86. The highest BCUT2D eigenvalue weighted by atomic mass is 16.5. The number of nitrogens with zero attached hydrogens (tertiary/aromatic N) is 5. The third-order valence-corrected chi connectivity index (χ3v) is 4.87. The lowest BCUT2D eigenvalue weighted by Crippen LogP contribution is -2.49. The first-order valence-corrected chi connectivity index (χ1v) is 9.19. The molecule has 0 aliphatic carbocycles. The minimum atomic E-state index is -0.0615. The Labute approximate surface area is 154 Å². The minimum Gasteiger partial charge on any atom is -0.373 e. The predicted molar refractivity (Wildman–Crippen MR) is 102 cm³/mol. The number of rotatable bonds is 6. The van der Waals surface area contributed by atoms with Gasteiger partial charge in [0.15, 0.2) is 0 Å². The van der Waals surface area contributed by atoms with Gasteiger partial charge in [0.1, 0.15) is 0 Å². The number of hydrogen-bond acceptors (Lipinski definition) is 6. The second-order valence-electron chi connectivity index (χ2n) is 6.50. The van der Waals surface area contributed by atoms with E-state index in [9.17, 15) is 4.79 Å². The van der Waals surface area contributed by atoms with Gasteiger partial charge in [-0.25, -0.2) is 4.98 Å². The van der Waals surface area contributed by atoms with E-state index >= 15 is 0 Å². The van der Waals surface area contributed by atoms with Crippen LogP contribution in [0.15, 0.2) is 35.4 Å². The summed E-state index contributed by atoms with van der Waals surface area (Å²) in [7, 11) is 1.77. The zero-order chi connectivity index (χ0) is 18.5. The Kier molecular flexibility index (Phi) is 6.00. The van der Waals surface area contributed by atoms with E-state index in [1.807, 2.05) is 12.1 Å². The van der Waals surface area contributed by atoms with E-state index in [4.69, 9.17) is 9.72 Å². The first-order chi connectivity index (χ1) is 12.6. The van der Waals surface area contributed by atoms with Gasteiger partial charge in [-0.05, 0) is 25.2 Å². The van der Waals surface area contributed by atoms with Crippen molar-refractivity contribution in [2.75, 3.05) is 44.2 Å². The lowest BCUT2D eigenvalue weighted by molar-refractivity contribution is 0.0170. The zero-order valence-electron chi connectivity index (χ0n) is 15.8. The fourth-order valence-corrected chi connectivity index (χ4v) is 3.26. The molecule has 0 N–H and O–H groups in total. The maximum atomic E-state index is 12.5. The Bertz CT molecular complexity index is 773. The topological polar surface area (TPSA) is 63.5 Å². The number of pyridine rings is 1. The quantitative estimate of drug-likeness (QED) is 0.779. The Morgan fingerprint density at radius 2 is 2.00 bits per heavy atom. The van der Waals surface area contributed by atoms with Crippen LogP contribution in [0.5, 0.6) is 0 Å². The van der Waals surface area contributed by atoms with Crippen LogP contribution >= 0.6 is 0 Å². The molecule has 7 nitrogen and oxygen atoms in total. The zero-order valence-corrected chi connectivity index (χ0v) is 15.8. The van der Waals surface area contributed by atoms with E-state index in [2.05, 4.69) is 28.6 Å². The lowest BCUT2D eigenvalue weighted by atomic mass is 10.2. The predicted octanol–water partition coefficient (Wildman–Crippen LogP) is 1.39. The molecule has 7 heteroatoms. The molecule has 0 spiro atoms. The molecular weight excluding hydrogens is 330 g/mol. The van der Waals surface area contributed by atoms with Gasteiger partial charge in [0.2, 0.25) is 5.95 Å². The van der Waals surface area contributed by atoms with Crippen LogP contribution < -0.4 is 10.5 Å². The normalized spacial score (nSPS) is 17.7. The summed E-state index contributed by atoms with van der Waals surface area (Å²) in [5.41, 5.74) is 1.51. The van der Waals surface area contributed by atoms with Crippen LogP contribution in [-0.2, 0) is 11.8 Å². The monoisotopic (exact) mass is 357 g/mol. The van der Waals surface area contributed by atoms with Gasteiger partial charge in [-0.15, -0.1) is 0 Å². The molecule has 1 aliphatic heterocycles. The lowest BCUT2D eigenvalue weighted by Gasteiger charge is -2.36. The highest BCUT2D eigenvalue weighted by Crippen LogP contribution is 2.20. The number of morpholine rings is 1. The van der Waals surface area contributed by atoms with Crippen LogP contribution in [0.4, 0.5) is 5.95 Å². The fraction of sp³-hybridized carbons (Fsp3) is 0.526. The Hall–Kier alpha value is -2.25. The van der Waals surface area contributed by atoms with E-state index in [0.717, 1.165) is 38.3 Å².